The van der Waals surface area contributed by atoms with Gasteiger partial charge in [-0.05, 0) is 86.4 Å². The van der Waals surface area contributed by atoms with Crippen molar-refractivity contribution in [3.05, 3.63) is 53.0 Å². The molecule has 3 heterocycles. The third kappa shape index (κ3) is 4.74. The molecular formula is C28H31N5O5S. The van der Waals surface area contributed by atoms with Gasteiger partial charge in [-0.2, -0.15) is 0 Å². The van der Waals surface area contributed by atoms with Crippen LogP contribution in [0, 0.1) is 12.8 Å². The van der Waals surface area contributed by atoms with E-state index in [0.29, 0.717) is 53.6 Å². The second-order valence-corrected chi connectivity index (χ2v) is 13.1. The zero-order valence-electron chi connectivity index (χ0n) is 22.1. The van der Waals surface area contributed by atoms with E-state index in [9.17, 15) is 23.1 Å². The number of fused-ring (bicyclic) bond motifs is 1. The number of aliphatic hydroxyl groups excluding tert-OH is 1. The number of aliphatic hydroxyl groups is 1. The van der Waals surface area contributed by atoms with Gasteiger partial charge in [-0.3, -0.25) is 14.6 Å². The van der Waals surface area contributed by atoms with Crippen molar-refractivity contribution < 1.29 is 23.1 Å². The summed E-state index contributed by atoms with van der Waals surface area (Å²) in [6.45, 7) is 4.18. The molecule has 1 atom stereocenters. The smallest absolute Gasteiger partial charge is 0.271 e. The molecule has 3 aliphatic rings. The van der Waals surface area contributed by atoms with Crippen molar-refractivity contribution in [1.82, 2.24) is 25.2 Å². The van der Waals surface area contributed by atoms with Gasteiger partial charge in [0.25, 0.3) is 11.8 Å². The summed E-state index contributed by atoms with van der Waals surface area (Å²) in [6, 6.07) is 7.03. The number of aryl methyl sites for hydroxylation is 1. The van der Waals surface area contributed by atoms with Crippen LogP contribution in [0.4, 0.5) is 0 Å². The first-order valence-corrected chi connectivity index (χ1v) is 15.1. The number of pyridine rings is 1. The predicted molar refractivity (Wildman–Crippen MR) is 144 cm³/mol. The average Bonchev–Trinajstić information content (AvgIpc) is 3.57. The number of sulfone groups is 1. The second-order valence-electron chi connectivity index (χ2n) is 11.1. The molecule has 2 saturated carbocycles. The Kier molecular flexibility index (Phi) is 6.11. The van der Waals surface area contributed by atoms with Crippen LogP contribution in [0.2, 0.25) is 0 Å². The van der Waals surface area contributed by atoms with Crippen molar-refractivity contribution in [2.75, 3.05) is 6.26 Å². The minimum atomic E-state index is -3.67. The van der Waals surface area contributed by atoms with Crippen molar-refractivity contribution in [1.29, 1.82) is 0 Å². The number of hydrogen-bond acceptors (Lipinski definition) is 7. The van der Waals surface area contributed by atoms with Gasteiger partial charge >= 0.3 is 0 Å². The zero-order chi connectivity index (χ0) is 27.6. The Hall–Kier alpha value is -3.57. The molecule has 3 N–H and O–H groups in total. The summed E-state index contributed by atoms with van der Waals surface area (Å²) < 4.78 is 25.6. The largest absolute Gasteiger partial charge is 0.393 e. The first-order valence-electron chi connectivity index (χ1n) is 13.2. The number of amides is 2. The molecule has 0 bridgehead atoms. The van der Waals surface area contributed by atoms with Gasteiger partial charge in [0, 0.05) is 36.8 Å². The van der Waals surface area contributed by atoms with Gasteiger partial charge in [0.15, 0.2) is 15.7 Å². The van der Waals surface area contributed by atoms with E-state index in [0.717, 1.165) is 24.7 Å². The van der Waals surface area contributed by atoms with Crippen molar-refractivity contribution in [2.24, 2.45) is 5.92 Å². The lowest BCUT2D eigenvalue weighted by Crippen LogP contribution is -2.46. The van der Waals surface area contributed by atoms with E-state index in [4.69, 9.17) is 0 Å². The highest BCUT2D eigenvalue weighted by atomic mass is 32.2. The van der Waals surface area contributed by atoms with Gasteiger partial charge < -0.3 is 20.3 Å². The molecule has 39 heavy (non-hydrogen) atoms. The maximum absolute atomic E-state index is 13.3. The molecule has 2 fully saturated rings. The van der Waals surface area contributed by atoms with Crippen molar-refractivity contribution in [3.63, 3.8) is 0 Å². The van der Waals surface area contributed by atoms with E-state index in [1.807, 2.05) is 13.0 Å². The lowest BCUT2D eigenvalue weighted by Gasteiger charge is -2.31. The predicted octanol–water partition coefficient (Wildman–Crippen LogP) is 2.86. The number of nitrogens with zero attached hydrogens (tertiary/aromatic N) is 3. The Balaban J connectivity index is 1.33. The van der Waals surface area contributed by atoms with E-state index < -0.39 is 9.84 Å². The Morgan fingerprint density at radius 1 is 1.21 bits per heavy atom. The number of benzene rings is 1. The van der Waals surface area contributed by atoms with Crippen LogP contribution in [-0.2, 0) is 16.4 Å². The number of imidazole rings is 1. The number of hydrogen-bond donors (Lipinski definition) is 3. The van der Waals surface area contributed by atoms with Crippen LogP contribution >= 0.6 is 0 Å². The Labute approximate surface area is 226 Å². The van der Waals surface area contributed by atoms with Crippen LogP contribution in [0.5, 0.6) is 0 Å². The summed E-state index contributed by atoms with van der Waals surface area (Å²) in [4.78, 5) is 39.9. The van der Waals surface area contributed by atoms with Crippen LogP contribution in [-0.4, -0.2) is 69.6 Å². The SMILES string of the molecule is Cc1[nH]c(-c2cc(-c3cc4c(c(S(C)(=O)=O)c3)C(=O)N(C(C)C3CC3)C4)ccn2)nc1C(=O)NC1CC(O)C1. The van der Waals surface area contributed by atoms with Gasteiger partial charge in [-0.1, -0.05) is 0 Å². The van der Waals surface area contributed by atoms with Gasteiger partial charge in [-0.15, -0.1) is 0 Å². The summed E-state index contributed by atoms with van der Waals surface area (Å²) in [5.41, 5.74) is 3.72. The normalized spacial score (nSPS) is 21.4. The van der Waals surface area contributed by atoms with Crippen LogP contribution in [0.15, 0.2) is 35.4 Å². The maximum Gasteiger partial charge on any atom is 0.271 e. The third-order valence-electron chi connectivity index (χ3n) is 8.08. The Bertz CT molecular complexity index is 1600. The number of aromatic amines is 1. The monoisotopic (exact) mass is 549 g/mol. The highest BCUT2D eigenvalue weighted by Crippen LogP contribution is 2.41. The molecule has 11 heteroatoms. The highest BCUT2D eigenvalue weighted by molar-refractivity contribution is 7.90. The Morgan fingerprint density at radius 2 is 1.95 bits per heavy atom. The highest BCUT2D eigenvalue weighted by Gasteiger charge is 2.41. The molecule has 0 radical (unpaired) electrons. The zero-order valence-corrected chi connectivity index (χ0v) is 22.9. The van der Waals surface area contributed by atoms with Crippen molar-refractivity contribution in [3.8, 4) is 22.6 Å². The molecule has 2 aromatic heterocycles. The maximum atomic E-state index is 13.3. The van der Waals surface area contributed by atoms with E-state index in [1.54, 1.807) is 36.2 Å². The fraction of sp³-hybridized carbons (Fsp3) is 0.429. The fourth-order valence-electron chi connectivity index (χ4n) is 5.56. The topological polar surface area (TPSA) is 145 Å². The third-order valence-corrected chi connectivity index (χ3v) is 9.20. The Morgan fingerprint density at radius 3 is 2.62 bits per heavy atom. The average molecular weight is 550 g/mol. The van der Waals surface area contributed by atoms with Crippen LogP contribution < -0.4 is 5.32 Å². The van der Waals surface area contributed by atoms with Crippen molar-refractivity contribution in [2.45, 2.75) is 69.2 Å². The summed E-state index contributed by atoms with van der Waals surface area (Å²) in [5, 5.41) is 12.4. The van der Waals surface area contributed by atoms with Crippen LogP contribution in [0.25, 0.3) is 22.6 Å². The summed E-state index contributed by atoms with van der Waals surface area (Å²) in [5.74, 6) is 0.350. The molecule has 1 unspecified atom stereocenters. The summed E-state index contributed by atoms with van der Waals surface area (Å²) in [6.07, 6.45) is 5.61. The molecule has 1 aromatic carbocycles. The van der Waals surface area contributed by atoms with Crippen LogP contribution in [0.3, 0.4) is 0 Å². The standard InChI is InChI=1S/C28H31N5O5S/c1-14-25(27(35)31-20-11-21(34)12-20)32-26(30-14)22-9-17(6-7-29-22)18-8-19-13-33(15(2)16-4-5-16)28(36)24(19)23(10-18)39(3,37)38/h6-10,15-16,20-21,34H,4-5,11-13H2,1-3H3,(H,30,32)(H,31,35). The van der Waals surface area contributed by atoms with Gasteiger partial charge in [0.05, 0.1) is 16.6 Å². The molecule has 204 valence electrons. The minimum absolute atomic E-state index is 0.0396. The number of aromatic nitrogens is 3. The number of rotatable bonds is 7. The van der Waals surface area contributed by atoms with E-state index in [1.165, 1.54) is 0 Å². The molecule has 2 amide bonds. The van der Waals surface area contributed by atoms with Gasteiger partial charge in [0.1, 0.15) is 11.4 Å². The molecule has 1 aliphatic heterocycles. The summed E-state index contributed by atoms with van der Waals surface area (Å²) >= 11 is 0. The van der Waals surface area contributed by atoms with Crippen molar-refractivity contribution >= 4 is 21.7 Å². The number of carbonyl (C=O) groups is 2. The molecule has 2 aliphatic carbocycles. The molecule has 6 rings (SSSR count). The van der Waals surface area contributed by atoms with E-state index >= 15 is 0 Å². The molecule has 0 spiro atoms. The molecular weight excluding hydrogens is 518 g/mol. The van der Waals surface area contributed by atoms with Gasteiger partial charge in [-0.25, -0.2) is 13.4 Å². The minimum Gasteiger partial charge on any atom is -0.393 e. The molecule has 3 aromatic rings. The quantitative estimate of drug-likeness (QED) is 0.411. The van der Waals surface area contributed by atoms with Crippen LogP contribution in [0.1, 0.15) is 64.7 Å². The molecule has 0 saturated heterocycles. The number of H-pyrrole nitrogens is 1. The number of nitrogens with one attached hydrogen (secondary N) is 2. The first kappa shape index (κ1) is 25.7. The first-order chi connectivity index (χ1) is 18.5. The fourth-order valence-corrected chi connectivity index (χ4v) is 6.49. The number of carbonyl (C=O) groups excluding carboxylic acids is 2. The van der Waals surface area contributed by atoms with Gasteiger partial charge in [0.2, 0.25) is 0 Å². The lowest BCUT2D eigenvalue weighted by molar-refractivity contribution is 0.0560. The van der Waals surface area contributed by atoms with E-state index in [-0.39, 0.29) is 46.2 Å². The lowest BCUT2D eigenvalue weighted by atomic mass is 9.89. The second kappa shape index (κ2) is 9.27. The summed E-state index contributed by atoms with van der Waals surface area (Å²) in [7, 11) is -3.67. The van der Waals surface area contributed by atoms with E-state index in [2.05, 4.69) is 20.3 Å². The molecule has 10 nitrogen and oxygen atoms in total.